The topological polar surface area (TPSA) is 115 Å². The van der Waals surface area contributed by atoms with Crippen LogP contribution in [-0.4, -0.2) is 54.4 Å². The van der Waals surface area contributed by atoms with Crippen molar-refractivity contribution in [1.82, 2.24) is 10.6 Å². The molecule has 1 heterocycles. The van der Waals surface area contributed by atoms with E-state index in [0.29, 0.717) is 25.0 Å². The highest BCUT2D eigenvalue weighted by Crippen LogP contribution is 2.12. The van der Waals surface area contributed by atoms with Crippen LogP contribution in [-0.2, 0) is 26.0 Å². The second-order valence-electron chi connectivity index (χ2n) is 6.20. The Morgan fingerprint density at radius 2 is 2.22 bits per heavy atom. The van der Waals surface area contributed by atoms with Crippen LogP contribution in [0.2, 0.25) is 0 Å². The standard InChI is InChI=1S/C17H28N4O4S.HI/c1-19-17(20-7-3-8-24-12-15-6-9-25-13-15)21-11-14-4-2-5-16(10-14)26(18,22)23;/h2,4-5,10,15H,3,6-9,11-13H2,1H3,(H2,18,22,23)(H2,19,20,21);1H. The highest BCUT2D eigenvalue weighted by molar-refractivity contribution is 14.0. The molecule has 1 saturated heterocycles. The van der Waals surface area contributed by atoms with E-state index in [4.69, 9.17) is 14.6 Å². The van der Waals surface area contributed by atoms with Gasteiger partial charge in [-0.05, 0) is 30.5 Å². The lowest BCUT2D eigenvalue weighted by Crippen LogP contribution is -2.37. The lowest BCUT2D eigenvalue weighted by Gasteiger charge is -2.13. The molecule has 10 heteroatoms. The third kappa shape index (κ3) is 9.19. The van der Waals surface area contributed by atoms with Gasteiger partial charge in [-0.3, -0.25) is 4.99 Å². The van der Waals surface area contributed by atoms with Crippen LogP contribution in [0.3, 0.4) is 0 Å². The first kappa shape index (κ1) is 24.1. The second kappa shape index (κ2) is 12.5. The molecule has 154 valence electrons. The Hall–Kier alpha value is -0.950. The van der Waals surface area contributed by atoms with E-state index in [1.54, 1.807) is 19.2 Å². The molecule has 4 N–H and O–H groups in total. The van der Waals surface area contributed by atoms with Gasteiger partial charge in [-0.1, -0.05) is 12.1 Å². The Morgan fingerprint density at radius 1 is 1.41 bits per heavy atom. The first-order valence-corrected chi connectivity index (χ1v) is 10.3. The van der Waals surface area contributed by atoms with Crippen molar-refractivity contribution in [2.24, 2.45) is 16.0 Å². The van der Waals surface area contributed by atoms with E-state index >= 15 is 0 Å². The number of guanidine groups is 1. The number of rotatable bonds is 9. The number of halogens is 1. The number of hydrogen-bond acceptors (Lipinski definition) is 5. The Labute approximate surface area is 178 Å². The normalized spacial score (nSPS) is 17.4. The van der Waals surface area contributed by atoms with Gasteiger partial charge in [0.15, 0.2) is 5.96 Å². The van der Waals surface area contributed by atoms with E-state index in [1.165, 1.54) is 6.07 Å². The van der Waals surface area contributed by atoms with E-state index in [0.717, 1.165) is 44.8 Å². The van der Waals surface area contributed by atoms with E-state index in [9.17, 15) is 8.42 Å². The molecule has 0 aliphatic carbocycles. The molecule has 1 aromatic carbocycles. The number of benzene rings is 1. The number of sulfonamides is 1. The minimum atomic E-state index is -3.69. The number of nitrogens with zero attached hydrogens (tertiary/aromatic N) is 1. The van der Waals surface area contributed by atoms with Gasteiger partial charge in [0.1, 0.15) is 0 Å². The maximum atomic E-state index is 11.4. The number of aliphatic imine (C=N–C) groups is 1. The van der Waals surface area contributed by atoms with Gasteiger partial charge >= 0.3 is 0 Å². The molecule has 0 aromatic heterocycles. The first-order valence-electron chi connectivity index (χ1n) is 8.71. The summed E-state index contributed by atoms with van der Waals surface area (Å²) in [7, 11) is -2.01. The molecular weight excluding hydrogens is 483 g/mol. The summed E-state index contributed by atoms with van der Waals surface area (Å²) in [6, 6.07) is 6.52. The summed E-state index contributed by atoms with van der Waals surface area (Å²) in [6.45, 7) is 4.28. The maximum absolute atomic E-state index is 11.4. The van der Waals surface area contributed by atoms with Crippen LogP contribution in [0.15, 0.2) is 34.2 Å². The summed E-state index contributed by atoms with van der Waals surface area (Å²) >= 11 is 0. The zero-order chi connectivity index (χ0) is 18.8. The molecule has 0 amide bonds. The molecule has 1 unspecified atom stereocenters. The van der Waals surface area contributed by atoms with Crippen LogP contribution >= 0.6 is 24.0 Å². The van der Waals surface area contributed by atoms with Crippen molar-refractivity contribution >= 4 is 40.0 Å². The van der Waals surface area contributed by atoms with Gasteiger partial charge in [-0.2, -0.15) is 0 Å². The lowest BCUT2D eigenvalue weighted by atomic mass is 10.1. The summed E-state index contributed by atoms with van der Waals surface area (Å²) in [6.07, 6.45) is 1.96. The van der Waals surface area contributed by atoms with Gasteiger partial charge in [-0.25, -0.2) is 13.6 Å². The number of primary sulfonamides is 1. The first-order chi connectivity index (χ1) is 12.5. The quantitative estimate of drug-likeness (QED) is 0.197. The zero-order valence-electron chi connectivity index (χ0n) is 15.5. The smallest absolute Gasteiger partial charge is 0.238 e. The minimum Gasteiger partial charge on any atom is -0.381 e. The van der Waals surface area contributed by atoms with Crippen LogP contribution in [0.1, 0.15) is 18.4 Å². The van der Waals surface area contributed by atoms with Crippen molar-refractivity contribution in [1.29, 1.82) is 0 Å². The van der Waals surface area contributed by atoms with Gasteiger partial charge < -0.3 is 20.1 Å². The van der Waals surface area contributed by atoms with Gasteiger partial charge in [0.05, 0.1) is 18.1 Å². The SMILES string of the molecule is CN=C(NCCCOCC1CCOC1)NCc1cccc(S(N)(=O)=O)c1.I. The van der Waals surface area contributed by atoms with Crippen molar-refractivity contribution in [2.45, 2.75) is 24.3 Å². The number of nitrogens with one attached hydrogen (secondary N) is 2. The summed E-state index contributed by atoms with van der Waals surface area (Å²) in [5.74, 6) is 1.18. The molecule has 1 aromatic rings. The molecule has 1 atom stereocenters. The van der Waals surface area contributed by atoms with Crippen molar-refractivity contribution in [2.75, 3.05) is 40.0 Å². The fourth-order valence-electron chi connectivity index (χ4n) is 2.58. The fraction of sp³-hybridized carbons (Fsp3) is 0.588. The summed E-state index contributed by atoms with van der Waals surface area (Å²) in [4.78, 5) is 4.25. The number of ether oxygens (including phenoxy) is 2. The summed E-state index contributed by atoms with van der Waals surface area (Å²) < 4.78 is 33.8. The predicted molar refractivity (Wildman–Crippen MR) is 116 cm³/mol. The third-order valence-electron chi connectivity index (χ3n) is 4.05. The molecule has 2 rings (SSSR count). The van der Waals surface area contributed by atoms with Gasteiger partial charge in [0.25, 0.3) is 0 Å². The summed E-state index contributed by atoms with van der Waals surface area (Å²) in [5.41, 5.74) is 0.807. The largest absolute Gasteiger partial charge is 0.381 e. The molecule has 1 aliphatic heterocycles. The molecular formula is C17H29IN4O4S. The Kier molecular flexibility index (Phi) is 11.1. The van der Waals surface area contributed by atoms with Crippen LogP contribution < -0.4 is 15.8 Å². The van der Waals surface area contributed by atoms with Crippen LogP contribution in [0.25, 0.3) is 0 Å². The number of nitrogens with two attached hydrogens (primary N) is 1. The van der Waals surface area contributed by atoms with Crippen molar-refractivity contribution < 1.29 is 17.9 Å². The van der Waals surface area contributed by atoms with Gasteiger partial charge in [0, 0.05) is 39.3 Å². The highest BCUT2D eigenvalue weighted by atomic mass is 127. The van der Waals surface area contributed by atoms with Crippen LogP contribution in [0, 0.1) is 5.92 Å². The predicted octanol–water partition coefficient (Wildman–Crippen LogP) is 1.06. The Balaban J connectivity index is 0.00000364. The van der Waals surface area contributed by atoms with Crippen LogP contribution in [0.4, 0.5) is 0 Å². The molecule has 0 spiro atoms. The van der Waals surface area contributed by atoms with E-state index < -0.39 is 10.0 Å². The third-order valence-corrected chi connectivity index (χ3v) is 4.96. The van der Waals surface area contributed by atoms with Crippen LogP contribution in [0.5, 0.6) is 0 Å². The van der Waals surface area contributed by atoms with Crippen molar-refractivity contribution in [3.63, 3.8) is 0 Å². The van der Waals surface area contributed by atoms with E-state index in [1.807, 2.05) is 6.07 Å². The molecule has 0 saturated carbocycles. The van der Waals surface area contributed by atoms with Gasteiger partial charge in [-0.15, -0.1) is 24.0 Å². The minimum absolute atomic E-state index is 0. The monoisotopic (exact) mass is 512 g/mol. The fourth-order valence-corrected chi connectivity index (χ4v) is 3.17. The van der Waals surface area contributed by atoms with E-state index in [-0.39, 0.29) is 28.9 Å². The van der Waals surface area contributed by atoms with Gasteiger partial charge in [0.2, 0.25) is 10.0 Å². The Bertz CT molecular complexity index is 694. The molecule has 1 aliphatic rings. The van der Waals surface area contributed by atoms with Crippen molar-refractivity contribution in [3.8, 4) is 0 Å². The number of hydrogen-bond donors (Lipinski definition) is 3. The average Bonchev–Trinajstić information content (AvgIpc) is 3.13. The average molecular weight is 512 g/mol. The molecule has 1 fully saturated rings. The Morgan fingerprint density at radius 3 is 2.89 bits per heavy atom. The molecule has 0 bridgehead atoms. The second-order valence-corrected chi connectivity index (χ2v) is 7.76. The summed E-state index contributed by atoms with van der Waals surface area (Å²) in [5, 5.41) is 11.5. The van der Waals surface area contributed by atoms with E-state index in [2.05, 4.69) is 15.6 Å². The lowest BCUT2D eigenvalue weighted by molar-refractivity contribution is 0.0888. The van der Waals surface area contributed by atoms with Crippen molar-refractivity contribution in [3.05, 3.63) is 29.8 Å². The maximum Gasteiger partial charge on any atom is 0.238 e. The molecule has 8 nitrogen and oxygen atoms in total. The zero-order valence-corrected chi connectivity index (χ0v) is 18.7. The highest BCUT2D eigenvalue weighted by Gasteiger charge is 2.15. The molecule has 27 heavy (non-hydrogen) atoms. The molecule has 0 radical (unpaired) electrons.